The van der Waals surface area contributed by atoms with E-state index in [0.29, 0.717) is 19.0 Å². The molecule has 2 heterocycles. The van der Waals surface area contributed by atoms with Crippen LogP contribution in [0.25, 0.3) is 0 Å². The van der Waals surface area contributed by atoms with Gasteiger partial charge in [-0.25, -0.2) is 9.97 Å². The highest BCUT2D eigenvalue weighted by Gasteiger charge is 2.33. The Morgan fingerprint density at radius 1 is 1.53 bits per heavy atom. The molecule has 0 spiro atoms. The molecule has 1 aromatic heterocycles. The van der Waals surface area contributed by atoms with Crippen LogP contribution in [0.4, 0.5) is 5.95 Å². The van der Waals surface area contributed by atoms with Gasteiger partial charge in [0.25, 0.3) is 0 Å². The van der Waals surface area contributed by atoms with Crippen molar-refractivity contribution in [3.8, 4) is 0 Å². The van der Waals surface area contributed by atoms with E-state index in [-0.39, 0.29) is 24.5 Å². The maximum atomic E-state index is 11.1. The molecule has 0 aliphatic carbocycles. The lowest BCUT2D eigenvalue weighted by molar-refractivity contribution is -0.119. The number of aromatic nitrogens is 2. The normalized spacial score (nSPS) is 23.8. The van der Waals surface area contributed by atoms with Crippen molar-refractivity contribution in [2.45, 2.75) is 13.0 Å². The zero-order valence-corrected chi connectivity index (χ0v) is 9.71. The molecule has 2 atom stereocenters. The third-order valence-electron chi connectivity index (χ3n) is 2.90. The molecule has 6 heteroatoms. The van der Waals surface area contributed by atoms with Gasteiger partial charge in [-0.2, -0.15) is 0 Å². The van der Waals surface area contributed by atoms with E-state index in [2.05, 4.69) is 15.3 Å². The van der Waals surface area contributed by atoms with Gasteiger partial charge in [-0.3, -0.25) is 4.79 Å². The van der Waals surface area contributed by atoms with Crippen molar-refractivity contribution in [1.82, 2.24) is 15.3 Å². The van der Waals surface area contributed by atoms with E-state index >= 15 is 0 Å². The lowest BCUT2D eigenvalue weighted by atomic mass is 10.1. The van der Waals surface area contributed by atoms with E-state index < -0.39 is 0 Å². The van der Waals surface area contributed by atoms with Crippen LogP contribution >= 0.6 is 0 Å². The van der Waals surface area contributed by atoms with Crippen LogP contribution < -0.4 is 10.2 Å². The summed E-state index contributed by atoms with van der Waals surface area (Å²) >= 11 is 0. The predicted octanol–water partition coefficient (Wildman–Crippen LogP) is -0.590. The maximum Gasteiger partial charge on any atom is 0.225 e. The van der Waals surface area contributed by atoms with Crippen LogP contribution in [0.5, 0.6) is 0 Å². The zero-order valence-electron chi connectivity index (χ0n) is 9.71. The Morgan fingerprint density at radius 2 is 2.24 bits per heavy atom. The second-order valence-corrected chi connectivity index (χ2v) is 4.20. The summed E-state index contributed by atoms with van der Waals surface area (Å²) in [6.07, 6.45) is 3.37. The van der Waals surface area contributed by atoms with Crippen molar-refractivity contribution in [3.05, 3.63) is 18.5 Å². The number of hydrogen-bond acceptors (Lipinski definition) is 5. The molecule has 0 radical (unpaired) electrons. The number of anilines is 1. The van der Waals surface area contributed by atoms with Gasteiger partial charge < -0.3 is 15.3 Å². The highest BCUT2D eigenvalue weighted by molar-refractivity contribution is 5.73. The van der Waals surface area contributed by atoms with Gasteiger partial charge in [0, 0.05) is 44.9 Å². The van der Waals surface area contributed by atoms with E-state index in [1.54, 1.807) is 18.5 Å². The Labute approximate surface area is 99.7 Å². The van der Waals surface area contributed by atoms with E-state index in [9.17, 15) is 9.90 Å². The summed E-state index contributed by atoms with van der Waals surface area (Å²) in [4.78, 5) is 21.4. The molecule has 1 aliphatic rings. The minimum Gasteiger partial charge on any atom is -0.396 e. The van der Waals surface area contributed by atoms with E-state index in [1.807, 2.05) is 4.90 Å². The average Bonchev–Trinajstić information content (AvgIpc) is 2.72. The van der Waals surface area contributed by atoms with Crippen molar-refractivity contribution < 1.29 is 9.90 Å². The van der Waals surface area contributed by atoms with Gasteiger partial charge in [0.1, 0.15) is 0 Å². The third kappa shape index (κ3) is 2.71. The zero-order chi connectivity index (χ0) is 12.3. The highest BCUT2D eigenvalue weighted by atomic mass is 16.3. The Balaban J connectivity index is 2.07. The first-order chi connectivity index (χ1) is 8.20. The van der Waals surface area contributed by atoms with Gasteiger partial charge in [0.15, 0.2) is 0 Å². The Kier molecular flexibility index (Phi) is 3.53. The Morgan fingerprint density at radius 3 is 2.82 bits per heavy atom. The summed E-state index contributed by atoms with van der Waals surface area (Å²) in [5, 5.41) is 12.1. The van der Waals surface area contributed by atoms with Crippen molar-refractivity contribution in [1.29, 1.82) is 0 Å². The van der Waals surface area contributed by atoms with Gasteiger partial charge in [-0.1, -0.05) is 0 Å². The molecule has 1 aromatic rings. The second-order valence-electron chi connectivity index (χ2n) is 4.20. The molecule has 1 fully saturated rings. The second kappa shape index (κ2) is 5.09. The van der Waals surface area contributed by atoms with Crippen LogP contribution in [-0.2, 0) is 4.79 Å². The summed E-state index contributed by atoms with van der Waals surface area (Å²) in [5.74, 6) is 0.589. The lowest BCUT2D eigenvalue weighted by Gasteiger charge is -2.16. The molecule has 6 nitrogen and oxygen atoms in total. The monoisotopic (exact) mass is 236 g/mol. The van der Waals surface area contributed by atoms with Crippen LogP contribution in [0.2, 0.25) is 0 Å². The Hall–Kier alpha value is -1.69. The van der Waals surface area contributed by atoms with E-state index in [4.69, 9.17) is 0 Å². The molecule has 2 N–H and O–H groups in total. The smallest absolute Gasteiger partial charge is 0.225 e. The number of hydrogen-bond donors (Lipinski definition) is 2. The van der Waals surface area contributed by atoms with Crippen molar-refractivity contribution in [3.63, 3.8) is 0 Å². The van der Waals surface area contributed by atoms with Gasteiger partial charge in [0.05, 0.1) is 6.04 Å². The van der Waals surface area contributed by atoms with Gasteiger partial charge in [-0.15, -0.1) is 0 Å². The molecule has 1 saturated heterocycles. The highest BCUT2D eigenvalue weighted by Crippen LogP contribution is 2.20. The van der Waals surface area contributed by atoms with Crippen LogP contribution in [0.1, 0.15) is 6.92 Å². The summed E-state index contributed by atoms with van der Waals surface area (Å²) < 4.78 is 0. The molecule has 2 unspecified atom stereocenters. The number of rotatable bonds is 3. The van der Waals surface area contributed by atoms with Crippen molar-refractivity contribution in [2.24, 2.45) is 5.92 Å². The largest absolute Gasteiger partial charge is 0.396 e. The fourth-order valence-electron chi connectivity index (χ4n) is 2.10. The molecule has 92 valence electrons. The molecular formula is C11H16N4O2. The fourth-order valence-corrected chi connectivity index (χ4v) is 2.10. The van der Waals surface area contributed by atoms with Crippen molar-refractivity contribution >= 4 is 11.9 Å². The molecular weight excluding hydrogens is 220 g/mol. The first kappa shape index (κ1) is 11.8. The molecule has 17 heavy (non-hydrogen) atoms. The van der Waals surface area contributed by atoms with E-state index in [0.717, 1.165) is 0 Å². The van der Waals surface area contributed by atoms with Gasteiger partial charge >= 0.3 is 0 Å². The van der Waals surface area contributed by atoms with Crippen LogP contribution in [0.3, 0.4) is 0 Å². The fraction of sp³-hybridized carbons (Fsp3) is 0.545. The number of aliphatic hydroxyl groups is 1. The van der Waals surface area contributed by atoms with Crippen LogP contribution in [0, 0.1) is 5.92 Å². The number of amides is 1. The average molecular weight is 236 g/mol. The lowest BCUT2D eigenvalue weighted by Crippen LogP contribution is -2.40. The number of carbonyl (C=O) groups is 1. The number of nitrogens with one attached hydrogen (secondary N) is 1. The summed E-state index contributed by atoms with van der Waals surface area (Å²) in [6, 6.07) is 1.72. The molecule has 0 bridgehead atoms. The minimum absolute atomic E-state index is 0.0303. The predicted molar refractivity (Wildman–Crippen MR) is 62.4 cm³/mol. The molecule has 0 aromatic carbocycles. The summed E-state index contributed by atoms with van der Waals surface area (Å²) in [6.45, 7) is 2.82. The van der Waals surface area contributed by atoms with Gasteiger partial charge in [-0.05, 0) is 6.07 Å². The number of nitrogens with zero attached hydrogens (tertiary/aromatic N) is 3. The first-order valence-electron chi connectivity index (χ1n) is 5.60. The molecule has 1 amide bonds. The standard InChI is InChI=1S/C11H16N4O2/c1-8(17)14-10-6-15(5-9(10)7-16)11-12-3-2-4-13-11/h2-4,9-10,16H,5-7H2,1H3,(H,14,17). The molecule has 1 aliphatic heterocycles. The number of aliphatic hydroxyl groups excluding tert-OH is 1. The quantitative estimate of drug-likeness (QED) is 0.733. The first-order valence-corrected chi connectivity index (χ1v) is 5.60. The Bertz CT molecular complexity index is 384. The summed E-state index contributed by atoms with van der Waals surface area (Å²) in [5.41, 5.74) is 0. The number of carbonyl (C=O) groups excluding carboxylic acids is 1. The van der Waals surface area contributed by atoms with Crippen LogP contribution in [-0.4, -0.2) is 46.7 Å². The molecule has 0 saturated carbocycles. The molecule has 2 rings (SSSR count). The minimum atomic E-state index is -0.0794. The van der Waals surface area contributed by atoms with Crippen molar-refractivity contribution in [2.75, 3.05) is 24.6 Å². The van der Waals surface area contributed by atoms with Crippen LogP contribution in [0.15, 0.2) is 18.5 Å². The third-order valence-corrected chi connectivity index (χ3v) is 2.90. The summed E-state index contributed by atoms with van der Waals surface area (Å²) in [7, 11) is 0. The van der Waals surface area contributed by atoms with E-state index in [1.165, 1.54) is 6.92 Å². The topological polar surface area (TPSA) is 78.4 Å². The van der Waals surface area contributed by atoms with Gasteiger partial charge in [0.2, 0.25) is 11.9 Å². The maximum absolute atomic E-state index is 11.1. The SMILES string of the molecule is CC(=O)NC1CN(c2ncccn2)CC1CO.